The summed E-state index contributed by atoms with van der Waals surface area (Å²) in [6, 6.07) is 7.19. The van der Waals surface area contributed by atoms with Gasteiger partial charge in [-0.2, -0.15) is 0 Å². The first-order valence-corrected chi connectivity index (χ1v) is 16.3. The van der Waals surface area contributed by atoms with Gasteiger partial charge in [0.05, 0.1) is 0 Å². The first-order chi connectivity index (χ1) is 18.2. The van der Waals surface area contributed by atoms with Crippen LogP contribution in [0.4, 0.5) is 0 Å². The Labute approximate surface area is 230 Å². The summed E-state index contributed by atoms with van der Waals surface area (Å²) in [5.41, 5.74) is 1.14. The molecular formula is C34H61NO2. The van der Waals surface area contributed by atoms with Crippen LogP contribution in [0, 0.1) is 0 Å². The van der Waals surface area contributed by atoms with Gasteiger partial charge in [-0.15, -0.1) is 0 Å². The molecule has 0 heterocycles. The van der Waals surface area contributed by atoms with E-state index in [9.17, 15) is 9.90 Å². The minimum atomic E-state index is 0.169. The fourth-order valence-electron chi connectivity index (χ4n) is 5.17. The van der Waals surface area contributed by atoms with Crippen LogP contribution in [0.3, 0.4) is 0 Å². The summed E-state index contributed by atoms with van der Waals surface area (Å²) in [5, 5.41) is 12.3. The summed E-state index contributed by atoms with van der Waals surface area (Å²) in [6.45, 7) is 2.96. The maximum Gasteiger partial charge on any atom is 0.220 e. The standard InChI is InChI=1S/C34H61NO2/c1-2-3-4-5-6-7-8-9-10-11-12-13-14-15-16-17-18-19-20-21-22-23-24-25-34(37)35-31-30-32-26-28-33(36)29-27-32/h26-29,36H,2-25,30-31H2,1H3,(H,35,37). The summed E-state index contributed by atoms with van der Waals surface area (Å²) in [4.78, 5) is 12.0. The fraction of sp³-hybridized carbons (Fsp3) is 0.794. The van der Waals surface area contributed by atoms with Gasteiger partial charge in [-0.1, -0.05) is 160 Å². The number of phenolic OH excluding ortho intramolecular Hbond substituents is 1. The molecule has 0 aliphatic carbocycles. The lowest BCUT2D eigenvalue weighted by Gasteiger charge is -2.06. The third kappa shape index (κ3) is 23.3. The zero-order valence-electron chi connectivity index (χ0n) is 24.5. The molecule has 1 aromatic carbocycles. The lowest BCUT2D eigenvalue weighted by molar-refractivity contribution is -0.121. The Bertz CT molecular complexity index is 613. The monoisotopic (exact) mass is 515 g/mol. The van der Waals surface area contributed by atoms with E-state index in [-0.39, 0.29) is 11.7 Å². The predicted molar refractivity (Wildman–Crippen MR) is 161 cm³/mol. The lowest BCUT2D eigenvalue weighted by Crippen LogP contribution is -2.25. The molecule has 1 amide bonds. The van der Waals surface area contributed by atoms with E-state index in [1.54, 1.807) is 12.1 Å². The number of aromatic hydroxyl groups is 1. The van der Waals surface area contributed by atoms with Crippen LogP contribution in [0.1, 0.15) is 167 Å². The molecule has 0 saturated heterocycles. The molecule has 0 aliphatic rings. The molecule has 3 nitrogen and oxygen atoms in total. The van der Waals surface area contributed by atoms with Crippen molar-refractivity contribution < 1.29 is 9.90 Å². The number of rotatable bonds is 27. The molecule has 1 aromatic rings. The van der Waals surface area contributed by atoms with Crippen LogP contribution in [0.25, 0.3) is 0 Å². The summed E-state index contributed by atoms with van der Waals surface area (Å²) >= 11 is 0. The molecule has 0 atom stereocenters. The van der Waals surface area contributed by atoms with Crippen LogP contribution in [0.15, 0.2) is 24.3 Å². The van der Waals surface area contributed by atoms with Gasteiger partial charge in [0.2, 0.25) is 5.91 Å². The van der Waals surface area contributed by atoms with Crippen molar-refractivity contribution in [3.05, 3.63) is 29.8 Å². The van der Waals surface area contributed by atoms with Crippen LogP contribution >= 0.6 is 0 Å². The Morgan fingerprint density at radius 3 is 1.30 bits per heavy atom. The van der Waals surface area contributed by atoms with E-state index in [2.05, 4.69) is 12.2 Å². The Balaban J connectivity index is 1.70. The predicted octanol–water partition coefficient (Wildman–Crippen LogP) is 10.4. The molecule has 0 spiro atoms. The largest absolute Gasteiger partial charge is 0.508 e. The minimum absolute atomic E-state index is 0.169. The van der Waals surface area contributed by atoms with Crippen LogP contribution in [-0.4, -0.2) is 17.6 Å². The van der Waals surface area contributed by atoms with Crippen LogP contribution < -0.4 is 5.32 Å². The van der Waals surface area contributed by atoms with Crippen LogP contribution in [0.2, 0.25) is 0 Å². The van der Waals surface area contributed by atoms with E-state index in [0.717, 1.165) is 18.4 Å². The Hall–Kier alpha value is -1.51. The van der Waals surface area contributed by atoms with E-state index >= 15 is 0 Å². The van der Waals surface area contributed by atoms with Gasteiger partial charge < -0.3 is 10.4 Å². The topological polar surface area (TPSA) is 49.3 Å². The van der Waals surface area contributed by atoms with Crippen molar-refractivity contribution in [2.24, 2.45) is 0 Å². The van der Waals surface area contributed by atoms with E-state index in [1.807, 2.05) is 12.1 Å². The normalized spacial score (nSPS) is 11.2. The molecule has 2 N–H and O–H groups in total. The third-order valence-electron chi connectivity index (χ3n) is 7.68. The molecule has 0 fully saturated rings. The molecule has 3 heteroatoms. The van der Waals surface area contributed by atoms with E-state index in [4.69, 9.17) is 0 Å². The molecule has 0 bridgehead atoms. The minimum Gasteiger partial charge on any atom is -0.508 e. The highest BCUT2D eigenvalue weighted by Crippen LogP contribution is 2.15. The summed E-state index contributed by atoms with van der Waals surface area (Å²) < 4.78 is 0. The highest BCUT2D eigenvalue weighted by atomic mass is 16.3. The Kier molecular flexibility index (Phi) is 23.7. The first-order valence-electron chi connectivity index (χ1n) is 16.3. The van der Waals surface area contributed by atoms with Gasteiger partial charge in [0, 0.05) is 13.0 Å². The Morgan fingerprint density at radius 1 is 0.568 bits per heavy atom. The number of amides is 1. The second-order valence-corrected chi connectivity index (χ2v) is 11.3. The lowest BCUT2D eigenvalue weighted by atomic mass is 10.0. The van der Waals surface area contributed by atoms with Crippen molar-refractivity contribution in [2.45, 2.75) is 167 Å². The second-order valence-electron chi connectivity index (χ2n) is 11.3. The van der Waals surface area contributed by atoms with Gasteiger partial charge in [0.25, 0.3) is 0 Å². The van der Waals surface area contributed by atoms with E-state index < -0.39 is 0 Å². The van der Waals surface area contributed by atoms with Gasteiger partial charge in [-0.05, 0) is 30.5 Å². The van der Waals surface area contributed by atoms with Crippen molar-refractivity contribution in [3.8, 4) is 5.75 Å². The number of carbonyl (C=O) groups excluding carboxylic acids is 1. The summed E-state index contributed by atoms with van der Waals surface area (Å²) in [6.07, 6.45) is 33.5. The number of carbonyl (C=O) groups is 1. The zero-order chi connectivity index (χ0) is 26.7. The van der Waals surface area contributed by atoms with Crippen molar-refractivity contribution in [1.82, 2.24) is 5.32 Å². The molecule has 0 aromatic heterocycles. The average Bonchev–Trinajstić information content (AvgIpc) is 2.90. The van der Waals surface area contributed by atoms with Gasteiger partial charge in [-0.3, -0.25) is 4.79 Å². The molecule has 37 heavy (non-hydrogen) atoms. The zero-order valence-corrected chi connectivity index (χ0v) is 24.5. The van der Waals surface area contributed by atoms with Gasteiger partial charge in [0.15, 0.2) is 0 Å². The average molecular weight is 516 g/mol. The molecular weight excluding hydrogens is 454 g/mol. The van der Waals surface area contributed by atoms with Crippen molar-refractivity contribution in [2.75, 3.05) is 6.54 Å². The number of hydrogen-bond donors (Lipinski definition) is 2. The molecule has 0 aliphatic heterocycles. The van der Waals surface area contributed by atoms with Crippen LogP contribution in [0.5, 0.6) is 5.75 Å². The summed E-state index contributed by atoms with van der Waals surface area (Å²) in [5.74, 6) is 0.454. The van der Waals surface area contributed by atoms with Gasteiger partial charge in [-0.25, -0.2) is 0 Å². The number of unbranched alkanes of at least 4 members (excludes halogenated alkanes) is 22. The summed E-state index contributed by atoms with van der Waals surface area (Å²) in [7, 11) is 0. The van der Waals surface area contributed by atoms with Crippen LogP contribution in [-0.2, 0) is 11.2 Å². The smallest absolute Gasteiger partial charge is 0.220 e. The SMILES string of the molecule is CCCCCCCCCCCCCCCCCCCCCCCCCC(=O)NCCc1ccc(O)cc1. The van der Waals surface area contributed by atoms with Gasteiger partial charge in [0.1, 0.15) is 5.75 Å². The first kappa shape index (κ1) is 33.5. The van der Waals surface area contributed by atoms with Crippen molar-refractivity contribution in [3.63, 3.8) is 0 Å². The molecule has 0 unspecified atom stereocenters. The number of benzene rings is 1. The second kappa shape index (κ2) is 26.1. The maximum absolute atomic E-state index is 12.0. The third-order valence-corrected chi connectivity index (χ3v) is 7.68. The van der Waals surface area contributed by atoms with Crippen molar-refractivity contribution in [1.29, 1.82) is 0 Å². The number of phenols is 1. The van der Waals surface area contributed by atoms with E-state index in [0.29, 0.717) is 13.0 Å². The number of hydrogen-bond acceptors (Lipinski definition) is 2. The fourth-order valence-corrected chi connectivity index (χ4v) is 5.17. The van der Waals surface area contributed by atoms with E-state index in [1.165, 1.54) is 141 Å². The highest BCUT2D eigenvalue weighted by molar-refractivity contribution is 5.75. The quantitative estimate of drug-likeness (QED) is 0.114. The molecule has 0 saturated carbocycles. The maximum atomic E-state index is 12.0. The highest BCUT2D eigenvalue weighted by Gasteiger charge is 2.02. The molecule has 1 rings (SSSR count). The van der Waals surface area contributed by atoms with Gasteiger partial charge >= 0.3 is 0 Å². The Morgan fingerprint density at radius 2 is 0.919 bits per heavy atom. The molecule has 0 radical (unpaired) electrons. The number of nitrogens with one attached hydrogen (secondary N) is 1. The van der Waals surface area contributed by atoms with Crippen molar-refractivity contribution >= 4 is 5.91 Å². The molecule has 214 valence electrons.